The molecule has 0 bridgehead atoms. The molecule has 0 aromatic heterocycles. The van der Waals surface area contributed by atoms with Crippen LogP contribution in [0.3, 0.4) is 0 Å². The number of aromatic hydroxyl groups is 4. The lowest BCUT2D eigenvalue weighted by atomic mass is 9.96. The lowest BCUT2D eigenvalue weighted by Gasteiger charge is -2.10. The molecule has 0 aliphatic carbocycles. The molecule has 288 valence electrons. The second kappa shape index (κ2) is 44.1. The second-order valence-corrected chi connectivity index (χ2v) is 12.6. The highest BCUT2D eigenvalue weighted by Crippen LogP contribution is 2.18. The van der Waals surface area contributed by atoms with Crippen molar-refractivity contribution in [3.05, 3.63) is 121 Å². The highest BCUT2D eigenvalue weighted by atomic mass is 16.3. The summed E-state index contributed by atoms with van der Waals surface area (Å²) in [6, 6.07) is 34.9. The first-order chi connectivity index (χ1) is 24.7. The third-order valence-electron chi connectivity index (χ3n) is 6.88. The zero-order valence-electron chi connectivity index (χ0n) is 33.5. The van der Waals surface area contributed by atoms with Gasteiger partial charge in [0.05, 0.1) is 0 Å². The highest BCUT2D eigenvalue weighted by Gasteiger charge is 2.01. The summed E-state index contributed by atoms with van der Waals surface area (Å²) in [7, 11) is 0. The number of hydrogen-bond acceptors (Lipinski definition) is 4. The van der Waals surface area contributed by atoms with Crippen molar-refractivity contribution in [2.45, 2.75) is 145 Å². The SMILES string of the molecule is CCC.CCC.CCCCCCCCC(C)CCCCCCC.Oc1ccccc1.Oc1ccccc1.Oc1ccccc1.Oc1ccccc1. The third-order valence-corrected chi connectivity index (χ3v) is 6.88. The van der Waals surface area contributed by atoms with Crippen LogP contribution in [0.2, 0.25) is 0 Å². The van der Waals surface area contributed by atoms with E-state index < -0.39 is 0 Å². The van der Waals surface area contributed by atoms with Gasteiger partial charge in [-0.25, -0.2) is 0 Å². The van der Waals surface area contributed by atoms with E-state index in [0.29, 0.717) is 23.0 Å². The van der Waals surface area contributed by atoms with Crippen LogP contribution < -0.4 is 0 Å². The van der Waals surface area contributed by atoms with Gasteiger partial charge in [-0.2, -0.15) is 0 Å². The molecule has 0 spiro atoms. The van der Waals surface area contributed by atoms with Gasteiger partial charge in [-0.1, -0.05) is 218 Å². The van der Waals surface area contributed by atoms with Gasteiger partial charge in [0.1, 0.15) is 23.0 Å². The first-order valence-electron chi connectivity index (χ1n) is 19.7. The Balaban J connectivity index is -0.000000571. The van der Waals surface area contributed by atoms with E-state index in [1.54, 1.807) is 97.1 Å². The van der Waals surface area contributed by atoms with Crippen LogP contribution in [0, 0.1) is 5.92 Å². The summed E-state index contributed by atoms with van der Waals surface area (Å²) in [6.07, 6.45) is 21.3. The van der Waals surface area contributed by atoms with Gasteiger partial charge in [0.25, 0.3) is 0 Å². The van der Waals surface area contributed by atoms with Crippen LogP contribution in [0.4, 0.5) is 0 Å². The van der Waals surface area contributed by atoms with Crippen molar-refractivity contribution in [2.75, 3.05) is 0 Å². The Hall–Kier alpha value is -3.92. The van der Waals surface area contributed by atoms with Crippen LogP contribution in [0.1, 0.15) is 145 Å². The second-order valence-electron chi connectivity index (χ2n) is 12.6. The van der Waals surface area contributed by atoms with Crippen molar-refractivity contribution < 1.29 is 20.4 Å². The fourth-order valence-corrected chi connectivity index (χ4v) is 4.23. The molecule has 4 heteroatoms. The lowest BCUT2D eigenvalue weighted by Crippen LogP contribution is -1.95. The van der Waals surface area contributed by atoms with Crippen LogP contribution in [-0.2, 0) is 0 Å². The van der Waals surface area contributed by atoms with Gasteiger partial charge in [0.15, 0.2) is 0 Å². The number of phenolic OH excluding ortho intramolecular Hbond substituents is 4. The normalized spacial score (nSPS) is 9.71. The molecule has 51 heavy (non-hydrogen) atoms. The Bertz CT molecular complexity index is 970. The van der Waals surface area contributed by atoms with Crippen LogP contribution in [-0.4, -0.2) is 20.4 Å². The molecule has 0 fully saturated rings. The van der Waals surface area contributed by atoms with E-state index in [-0.39, 0.29) is 0 Å². The molecule has 0 heterocycles. The number of hydrogen-bond donors (Lipinski definition) is 4. The molecule has 0 saturated heterocycles. The number of phenols is 4. The Morgan fingerprint density at radius 1 is 0.333 bits per heavy atom. The molecule has 0 aliphatic rings. The number of para-hydroxylation sites is 4. The molecule has 1 unspecified atom stereocenters. The predicted molar refractivity (Wildman–Crippen MR) is 225 cm³/mol. The van der Waals surface area contributed by atoms with Crippen LogP contribution >= 0.6 is 0 Å². The molecule has 0 saturated carbocycles. The number of unbranched alkanes of at least 4 members (excludes halogenated alkanes) is 9. The van der Waals surface area contributed by atoms with Crippen molar-refractivity contribution in [2.24, 2.45) is 5.92 Å². The Labute approximate surface area is 314 Å². The minimum Gasteiger partial charge on any atom is -0.508 e. The average Bonchev–Trinajstić information content (AvgIpc) is 3.13. The molecule has 0 radical (unpaired) electrons. The summed E-state index contributed by atoms with van der Waals surface area (Å²) in [5.41, 5.74) is 0. The summed E-state index contributed by atoms with van der Waals surface area (Å²) in [5, 5.41) is 34.5. The Morgan fingerprint density at radius 3 is 0.706 bits per heavy atom. The number of benzene rings is 4. The van der Waals surface area contributed by atoms with Crippen molar-refractivity contribution in [1.29, 1.82) is 0 Å². The fraction of sp³-hybridized carbons (Fsp3) is 0.489. The average molecular weight is 705 g/mol. The molecular weight excluding hydrogens is 629 g/mol. The summed E-state index contributed by atoms with van der Waals surface area (Å²) in [4.78, 5) is 0. The van der Waals surface area contributed by atoms with Gasteiger partial charge < -0.3 is 20.4 Å². The molecule has 4 nitrogen and oxygen atoms in total. The Kier molecular flexibility index (Phi) is 44.5. The van der Waals surface area contributed by atoms with Gasteiger partial charge in [-0.05, 0) is 54.4 Å². The molecule has 4 aromatic rings. The fourth-order valence-electron chi connectivity index (χ4n) is 4.23. The summed E-state index contributed by atoms with van der Waals surface area (Å²) < 4.78 is 0. The topological polar surface area (TPSA) is 80.9 Å². The van der Waals surface area contributed by atoms with Gasteiger partial charge in [0.2, 0.25) is 0 Å². The zero-order valence-corrected chi connectivity index (χ0v) is 33.5. The van der Waals surface area contributed by atoms with E-state index in [1.807, 2.05) is 24.3 Å². The minimum absolute atomic E-state index is 0.322. The summed E-state index contributed by atoms with van der Waals surface area (Å²) in [6.45, 7) is 15.5. The summed E-state index contributed by atoms with van der Waals surface area (Å²) >= 11 is 0. The highest BCUT2D eigenvalue weighted by molar-refractivity contribution is 5.20. The third kappa shape index (κ3) is 48.2. The summed E-state index contributed by atoms with van der Waals surface area (Å²) in [5.74, 6) is 2.26. The predicted octanol–water partition coefficient (Wildman–Crippen LogP) is 15.1. The maximum atomic E-state index is 8.63. The van der Waals surface area contributed by atoms with Crippen LogP contribution in [0.5, 0.6) is 23.0 Å². The van der Waals surface area contributed by atoms with Crippen LogP contribution in [0.25, 0.3) is 0 Å². The quantitative estimate of drug-likeness (QED) is 0.104. The molecule has 1 atom stereocenters. The molecule has 4 aromatic carbocycles. The van der Waals surface area contributed by atoms with Gasteiger partial charge in [0, 0.05) is 0 Å². The molecule has 0 amide bonds. The molecule has 4 rings (SSSR count). The van der Waals surface area contributed by atoms with Crippen molar-refractivity contribution >= 4 is 0 Å². The van der Waals surface area contributed by atoms with E-state index in [2.05, 4.69) is 48.5 Å². The van der Waals surface area contributed by atoms with Gasteiger partial charge in [-0.3, -0.25) is 0 Å². The standard InChI is InChI=1S/C17H36.4C6H6O.2C3H8/c1-4-6-8-10-12-14-16-17(3)15-13-11-9-7-5-2;4*7-6-4-2-1-3-5-6;2*1-3-2/h17H,4-16H2,1-3H3;4*1-5,7H;2*3H2,1-2H3. The maximum absolute atomic E-state index is 8.63. The first kappa shape index (κ1) is 51.4. The van der Waals surface area contributed by atoms with E-state index in [1.165, 1.54) is 96.3 Å². The first-order valence-corrected chi connectivity index (χ1v) is 19.7. The molecule has 0 aliphatic heterocycles. The van der Waals surface area contributed by atoms with Crippen LogP contribution in [0.15, 0.2) is 121 Å². The Morgan fingerprint density at radius 2 is 0.529 bits per heavy atom. The zero-order chi connectivity index (χ0) is 38.6. The smallest absolute Gasteiger partial charge is 0.115 e. The van der Waals surface area contributed by atoms with Gasteiger partial charge in [-0.15, -0.1) is 0 Å². The lowest BCUT2D eigenvalue weighted by molar-refractivity contribution is 0.432. The van der Waals surface area contributed by atoms with E-state index in [0.717, 1.165) is 5.92 Å². The number of rotatable bonds is 13. The van der Waals surface area contributed by atoms with Crippen molar-refractivity contribution in [3.8, 4) is 23.0 Å². The van der Waals surface area contributed by atoms with Gasteiger partial charge >= 0.3 is 0 Å². The van der Waals surface area contributed by atoms with E-state index in [9.17, 15) is 0 Å². The monoisotopic (exact) mass is 705 g/mol. The van der Waals surface area contributed by atoms with E-state index >= 15 is 0 Å². The largest absolute Gasteiger partial charge is 0.508 e. The van der Waals surface area contributed by atoms with E-state index in [4.69, 9.17) is 20.4 Å². The molecular formula is C47H76O4. The van der Waals surface area contributed by atoms with Crippen molar-refractivity contribution in [1.82, 2.24) is 0 Å². The van der Waals surface area contributed by atoms with Crippen molar-refractivity contribution in [3.63, 3.8) is 0 Å². The minimum atomic E-state index is 0.322. The molecule has 4 N–H and O–H groups in total. The maximum Gasteiger partial charge on any atom is 0.115 e.